The van der Waals surface area contributed by atoms with Crippen LogP contribution >= 0.6 is 11.6 Å². The maximum atomic E-state index is 6.12. The standard InChI is InChI=1S/C15H22ClNO2/c1-2-5-17-6-9-18-7-3-12-10-14(16)11-13-4-8-19-15(12)13/h10-11,17H,2-9H2,1H3. The highest BCUT2D eigenvalue weighted by molar-refractivity contribution is 6.30. The van der Waals surface area contributed by atoms with Gasteiger partial charge >= 0.3 is 0 Å². The molecular formula is C15H22ClNO2. The van der Waals surface area contributed by atoms with E-state index in [1.54, 1.807) is 0 Å². The number of hydrogen-bond donors (Lipinski definition) is 1. The van der Waals surface area contributed by atoms with Crippen molar-refractivity contribution >= 4 is 11.6 Å². The second-order valence-corrected chi connectivity index (χ2v) is 5.20. The van der Waals surface area contributed by atoms with Crippen LogP contribution in [0.25, 0.3) is 0 Å². The van der Waals surface area contributed by atoms with Gasteiger partial charge in [0, 0.05) is 18.0 Å². The monoisotopic (exact) mass is 283 g/mol. The maximum absolute atomic E-state index is 6.12. The van der Waals surface area contributed by atoms with Crippen molar-refractivity contribution in [3.8, 4) is 5.75 Å². The van der Waals surface area contributed by atoms with Crippen molar-refractivity contribution in [3.05, 3.63) is 28.3 Å². The van der Waals surface area contributed by atoms with Gasteiger partial charge in [-0.2, -0.15) is 0 Å². The van der Waals surface area contributed by atoms with Gasteiger partial charge in [0.1, 0.15) is 5.75 Å². The summed E-state index contributed by atoms with van der Waals surface area (Å²) < 4.78 is 11.3. The van der Waals surface area contributed by atoms with Gasteiger partial charge in [-0.3, -0.25) is 0 Å². The van der Waals surface area contributed by atoms with Crippen molar-refractivity contribution in [2.75, 3.05) is 32.9 Å². The second kappa shape index (κ2) is 7.73. The van der Waals surface area contributed by atoms with Gasteiger partial charge < -0.3 is 14.8 Å². The summed E-state index contributed by atoms with van der Waals surface area (Å²) in [6.07, 6.45) is 2.98. The van der Waals surface area contributed by atoms with Gasteiger partial charge in [0.15, 0.2) is 0 Å². The minimum absolute atomic E-state index is 0.712. The van der Waals surface area contributed by atoms with Crippen LogP contribution in [0.4, 0.5) is 0 Å². The Balaban J connectivity index is 1.74. The van der Waals surface area contributed by atoms with Crippen LogP contribution < -0.4 is 10.1 Å². The molecule has 0 saturated heterocycles. The van der Waals surface area contributed by atoms with E-state index < -0.39 is 0 Å². The number of benzene rings is 1. The lowest BCUT2D eigenvalue weighted by Gasteiger charge is -2.10. The highest BCUT2D eigenvalue weighted by Gasteiger charge is 2.17. The Hall–Kier alpha value is -0.770. The van der Waals surface area contributed by atoms with E-state index in [0.29, 0.717) is 6.61 Å². The van der Waals surface area contributed by atoms with Crippen molar-refractivity contribution in [1.82, 2.24) is 5.32 Å². The van der Waals surface area contributed by atoms with E-state index in [2.05, 4.69) is 12.2 Å². The number of ether oxygens (including phenoxy) is 2. The largest absolute Gasteiger partial charge is 0.493 e. The van der Waals surface area contributed by atoms with E-state index in [1.807, 2.05) is 12.1 Å². The zero-order valence-electron chi connectivity index (χ0n) is 11.5. The molecule has 0 aromatic heterocycles. The number of rotatable bonds is 8. The lowest BCUT2D eigenvalue weighted by atomic mass is 10.1. The molecule has 0 bridgehead atoms. The van der Waals surface area contributed by atoms with Crippen LogP contribution in [0, 0.1) is 0 Å². The Morgan fingerprint density at radius 1 is 1.32 bits per heavy atom. The average Bonchev–Trinajstić information content (AvgIpc) is 2.85. The molecule has 106 valence electrons. The molecule has 1 aliphatic rings. The molecule has 0 spiro atoms. The maximum Gasteiger partial charge on any atom is 0.125 e. The first-order valence-electron chi connectivity index (χ1n) is 7.04. The summed E-state index contributed by atoms with van der Waals surface area (Å²) in [6.45, 7) is 6.36. The molecule has 1 aliphatic heterocycles. The molecule has 0 aliphatic carbocycles. The van der Waals surface area contributed by atoms with Gasteiger partial charge in [-0.25, -0.2) is 0 Å². The van der Waals surface area contributed by atoms with E-state index in [9.17, 15) is 0 Å². The third-order valence-corrected chi connectivity index (χ3v) is 3.41. The minimum atomic E-state index is 0.712. The van der Waals surface area contributed by atoms with Gasteiger partial charge in [-0.15, -0.1) is 0 Å². The van der Waals surface area contributed by atoms with Gasteiger partial charge in [0.25, 0.3) is 0 Å². The Morgan fingerprint density at radius 3 is 3.05 bits per heavy atom. The molecule has 1 aromatic rings. The zero-order valence-corrected chi connectivity index (χ0v) is 12.3. The Labute approximate surface area is 120 Å². The highest BCUT2D eigenvalue weighted by Crippen LogP contribution is 2.33. The lowest BCUT2D eigenvalue weighted by Crippen LogP contribution is -2.20. The first-order valence-corrected chi connectivity index (χ1v) is 7.41. The van der Waals surface area contributed by atoms with E-state index in [0.717, 1.165) is 56.3 Å². The van der Waals surface area contributed by atoms with Crippen LogP contribution in [-0.4, -0.2) is 32.9 Å². The third-order valence-electron chi connectivity index (χ3n) is 3.19. The topological polar surface area (TPSA) is 30.5 Å². The van der Waals surface area contributed by atoms with Crippen LogP contribution in [-0.2, 0) is 17.6 Å². The summed E-state index contributed by atoms with van der Waals surface area (Å²) in [4.78, 5) is 0. The summed E-state index contributed by atoms with van der Waals surface area (Å²) in [6, 6.07) is 3.99. The SMILES string of the molecule is CCCNCCOCCc1cc(Cl)cc2c1OCC2. The molecule has 0 radical (unpaired) electrons. The van der Waals surface area contributed by atoms with Crippen molar-refractivity contribution in [2.45, 2.75) is 26.2 Å². The molecule has 2 rings (SSSR count). The van der Waals surface area contributed by atoms with Crippen molar-refractivity contribution in [3.63, 3.8) is 0 Å². The average molecular weight is 284 g/mol. The first kappa shape index (κ1) is 14.6. The van der Waals surface area contributed by atoms with Gasteiger partial charge in [-0.1, -0.05) is 18.5 Å². The van der Waals surface area contributed by atoms with Crippen molar-refractivity contribution in [2.24, 2.45) is 0 Å². The summed E-state index contributed by atoms with van der Waals surface area (Å²) >= 11 is 6.12. The van der Waals surface area contributed by atoms with Crippen molar-refractivity contribution < 1.29 is 9.47 Å². The predicted molar refractivity (Wildman–Crippen MR) is 78.3 cm³/mol. The van der Waals surface area contributed by atoms with E-state index in [-0.39, 0.29) is 0 Å². The quantitative estimate of drug-likeness (QED) is 0.744. The molecule has 3 nitrogen and oxygen atoms in total. The molecule has 1 aromatic carbocycles. The molecule has 0 saturated carbocycles. The number of nitrogens with one attached hydrogen (secondary N) is 1. The fraction of sp³-hybridized carbons (Fsp3) is 0.600. The van der Waals surface area contributed by atoms with E-state index >= 15 is 0 Å². The normalized spacial score (nSPS) is 13.4. The summed E-state index contributed by atoms with van der Waals surface area (Å²) in [5.74, 6) is 1.03. The second-order valence-electron chi connectivity index (χ2n) is 4.76. The minimum Gasteiger partial charge on any atom is -0.493 e. The van der Waals surface area contributed by atoms with Crippen LogP contribution in [0.5, 0.6) is 5.75 Å². The fourth-order valence-corrected chi connectivity index (χ4v) is 2.53. The van der Waals surface area contributed by atoms with Crippen LogP contribution in [0.1, 0.15) is 24.5 Å². The van der Waals surface area contributed by atoms with E-state index in [1.165, 1.54) is 11.1 Å². The van der Waals surface area contributed by atoms with Crippen LogP contribution in [0.15, 0.2) is 12.1 Å². The predicted octanol–water partition coefficient (Wildman–Crippen LogP) is 2.83. The van der Waals surface area contributed by atoms with Crippen molar-refractivity contribution in [1.29, 1.82) is 0 Å². The number of fused-ring (bicyclic) bond motifs is 1. The Kier molecular flexibility index (Phi) is 5.95. The molecule has 1 N–H and O–H groups in total. The molecule has 0 fully saturated rings. The lowest BCUT2D eigenvalue weighted by molar-refractivity contribution is 0.138. The molecule has 0 amide bonds. The number of halogens is 1. The third kappa shape index (κ3) is 4.37. The van der Waals surface area contributed by atoms with Crippen LogP contribution in [0.3, 0.4) is 0 Å². The smallest absolute Gasteiger partial charge is 0.125 e. The summed E-state index contributed by atoms with van der Waals surface area (Å²) in [7, 11) is 0. The molecule has 1 heterocycles. The molecule has 4 heteroatoms. The fourth-order valence-electron chi connectivity index (χ4n) is 2.26. The van der Waals surface area contributed by atoms with Gasteiger partial charge in [0.05, 0.1) is 19.8 Å². The zero-order chi connectivity index (χ0) is 13.5. The number of hydrogen-bond acceptors (Lipinski definition) is 3. The molecule has 19 heavy (non-hydrogen) atoms. The Bertz CT molecular complexity index is 409. The first-order chi connectivity index (χ1) is 9.31. The molecule has 0 atom stereocenters. The van der Waals surface area contributed by atoms with Crippen LogP contribution in [0.2, 0.25) is 5.02 Å². The van der Waals surface area contributed by atoms with Gasteiger partial charge in [-0.05, 0) is 42.6 Å². The van der Waals surface area contributed by atoms with Gasteiger partial charge in [0.2, 0.25) is 0 Å². The Morgan fingerprint density at radius 2 is 2.21 bits per heavy atom. The molecular weight excluding hydrogens is 262 g/mol. The van der Waals surface area contributed by atoms with E-state index in [4.69, 9.17) is 21.1 Å². The molecule has 0 unspecified atom stereocenters. The summed E-state index contributed by atoms with van der Waals surface area (Å²) in [5.41, 5.74) is 2.40. The summed E-state index contributed by atoms with van der Waals surface area (Å²) in [5, 5.41) is 4.11. The highest BCUT2D eigenvalue weighted by atomic mass is 35.5.